The van der Waals surface area contributed by atoms with Crippen LogP contribution in [-0.2, 0) is 14.6 Å². The lowest BCUT2D eigenvalue weighted by molar-refractivity contribution is -0.389. The molecule has 1 atom stereocenters. The van der Waals surface area contributed by atoms with Crippen molar-refractivity contribution in [3.05, 3.63) is 28.4 Å². The number of nitrogens with zero attached hydrogens (tertiary/aromatic N) is 3. The van der Waals surface area contributed by atoms with Crippen LogP contribution in [0.1, 0.15) is 6.42 Å². The van der Waals surface area contributed by atoms with E-state index in [1.54, 1.807) is 0 Å². The van der Waals surface area contributed by atoms with E-state index in [2.05, 4.69) is 4.98 Å². The molecular formula is C11H13N3O6S. The average Bonchev–Trinajstić information content (AvgIpc) is 2.76. The summed E-state index contributed by atoms with van der Waals surface area (Å²) in [5, 5.41) is 19.5. The number of carboxylic acids is 1. The highest BCUT2D eigenvalue weighted by molar-refractivity contribution is 7.91. The molecule has 1 aromatic rings. The summed E-state index contributed by atoms with van der Waals surface area (Å²) in [4.78, 5) is 25.9. The maximum atomic E-state index is 11.5. The molecule has 1 fully saturated rings. The van der Waals surface area contributed by atoms with Crippen molar-refractivity contribution >= 4 is 27.3 Å². The summed E-state index contributed by atoms with van der Waals surface area (Å²) < 4.78 is 23.1. The third-order valence-electron chi connectivity index (χ3n) is 3.21. The average molecular weight is 315 g/mol. The Morgan fingerprint density at radius 3 is 2.67 bits per heavy atom. The summed E-state index contributed by atoms with van der Waals surface area (Å²) in [5.41, 5.74) is 0.352. The van der Waals surface area contributed by atoms with Gasteiger partial charge in [0.25, 0.3) is 0 Å². The number of hydrogen-bond donors (Lipinski definition) is 1. The summed E-state index contributed by atoms with van der Waals surface area (Å²) >= 11 is 0. The fraction of sp³-hybridized carbons (Fsp3) is 0.455. The van der Waals surface area contributed by atoms with Crippen LogP contribution in [-0.4, -0.2) is 53.5 Å². The van der Waals surface area contributed by atoms with Crippen molar-refractivity contribution in [3.63, 3.8) is 0 Å². The van der Waals surface area contributed by atoms with E-state index in [0.29, 0.717) is 12.1 Å². The van der Waals surface area contributed by atoms with Crippen LogP contribution < -0.4 is 4.90 Å². The second-order valence-corrected chi connectivity index (χ2v) is 6.94. The predicted octanol–water partition coefficient (Wildman–Crippen LogP) is 0.0679. The minimum Gasteiger partial charge on any atom is -0.480 e. The molecule has 10 heteroatoms. The van der Waals surface area contributed by atoms with E-state index in [0.717, 1.165) is 6.07 Å². The lowest BCUT2D eigenvalue weighted by Gasteiger charge is -2.27. The summed E-state index contributed by atoms with van der Waals surface area (Å²) in [6, 6.07) is 2.07. The van der Waals surface area contributed by atoms with Crippen molar-refractivity contribution in [2.75, 3.05) is 23.0 Å². The molecule has 0 spiro atoms. The zero-order chi connectivity index (χ0) is 15.6. The Bertz CT molecular complexity index is 657. The van der Waals surface area contributed by atoms with Crippen LogP contribution in [0.2, 0.25) is 0 Å². The number of sulfone groups is 1. The summed E-state index contributed by atoms with van der Waals surface area (Å²) in [7, 11) is -3.17. The van der Waals surface area contributed by atoms with Crippen LogP contribution in [0, 0.1) is 10.1 Å². The zero-order valence-electron chi connectivity index (χ0n) is 10.9. The van der Waals surface area contributed by atoms with Crippen LogP contribution in [0.5, 0.6) is 0 Å². The van der Waals surface area contributed by atoms with E-state index < -0.39 is 26.8 Å². The van der Waals surface area contributed by atoms with E-state index in [9.17, 15) is 23.3 Å². The summed E-state index contributed by atoms with van der Waals surface area (Å²) in [5.74, 6) is -1.59. The lowest BCUT2D eigenvalue weighted by Crippen LogP contribution is -2.40. The van der Waals surface area contributed by atoms with Crippen molar-refractivity contribution < 1.29 is 23.2 Å². The zero-order valence-corrected chi connectivity index (χ0v) is 11.7. The van der Waals surface area contributed by atoms with Gasteiger partial charge in [0, 0.05) is 12.1 Å². The van der Waals surface area contributed by atoms with Crippen LogP contribution in [0.4, 0.5) is 11.5 Å². The summed E-state index contributed by atoms with van der Waals surface area (Å²) in [6.45, 7) is -0.389. The smallest absolute Gasteiger partial charge is 0.363 e. The molecule has 0 bridgehead atoms. The SMILES string of the molecule is O=C(O)CN(c1ccc([N+](=O)[O-])nc1)C1CCS(=O)(=O)C1. The molecule has 0 aliphatic carbocycles. The van der Waals surface area contributed by atoms with Crippen molar-refractivity contribution in [2.45, 2.75) is 12.5 Å². The molecule has 0 amide bonds. The fourth-order valence-electron chi connectivity index (χ4n) is 2.25. The standard InChI is InChI=1S/C11H13N3O6S/c15-11(16)6-13(9-3-4-21(19,20)7-9)8-1-2-10(12-5-8)14(17)18/h1-2,5,9H,3-4,6-7H2,(H,15,16). The molecule has 21 heavy (non-hydrogen) atoms. The number of rotatable bonds is 5. The van der Waals surface area contributed by atoms with Gasteiger partial charge in [-0.05, 0) is 22.4 Å². The van der Waals surface area contributed by atoms with Crippen molar-refractivity contribution in [2.24, 2.45) is 0 Å². The van der Waals surface area contributed by atoms with Gasteiger partial charge in [-0.15, -0.1) is 0 Å². The summed E-state index contributed by atoms with van der Waals surface area (Å²) in [6.07, 6.45) is 1.51. The van der Waals surface area contributed by atoms with Gasteiger partial charge in [0.2, 0.25) is 0 Å². The highest BCUT2D eigenvalue weighted by atomic mass is 32.2. The van der Waals surface area contributed by atoms with Gasteiger partial charge in [-0.1, -0.05) is 0 Å². The van der Waals surface area contributed by atoms with Crippen molar-refractivity contribution in [1.29, 1.82) is 0 Å². The second-order valence-electron chi connectivity index (χ2n) is 4.71. The Morgan fingerprint density at radius 2 is 2.24 bits per heavy atom. The first kappa shape index (κ1) is 15.2. The molecule has 1 aliphatic rings. The Balaban J connectivity index is 2.27. The lowest BCUT2D eigenvalue weighted by atomic mass is 10.2. The van der Waals surface area contributed by atoms with Crippen molar-refractivity contribution in [1.82, 2.24) is 4.98 Å². The van der Waals surface area contributed by atoms with Gasteiger partial charge in [0.1, 0.15) is 6.54 Å². The van der Waals surface area contributed by atoms with Gasteiger partial charge in [-0.3, -0.25) is 4.79 Å². The van der Waals surface area contributed by atoms with Crippen LogP contribution >= 0.6 is 0 Å². The molecule has 1 aromatic heterocycles. The Hall–Kier alpha value is -2.23. The van der Waals surface area contributed by atoms with Crippen LogP contribution in [0.25, 0.3) is 0 Å². The van der Waals surface area contributed by atoms with Gasteiger partial charge < -0.3 is 20.1 Å². The first-order chi connectivity index (χ1) is 9.78. The molecule has 114 valence electrons. The van der Waals surface area contributed by atoms with Gasteiger partial charge in [0.05, 0.1) is 17.2 Å². The van der Waals surface area contributed by atoms with E-state index in [1.807, 2.05) is 0 Å². The quantitative estimate of drug-likeness (QED) is 0.596. The first-order valence-corrected chi connectivity index (χ1v) is 7.90. The first-order valence-electron chi connectivity index (χ1n) is 6.08. The molecule has 1 aliphatic heterocycles. The molecule has 0 saturated carbocycles. The van der Waals surface area contributed by atoms with Gasteiger partial charge in [0.15, 0.2) is 16.0 Å². The minimum absolute atomic E-state index is 0.00813. The highest BCUT2D eigenvalue weighted by Gasteiger charge is 2.33. The number of carboxylic acid groups (broad SMARTS) is 1. The minimum atomic E-state index is -3.17. The maximum Gasteiger partial charge on any atom is 0.363 e. The molecule has 1 saturated heterocycles. The van der Waals surface area contributed by atoms with Gasteiger partial charge >= 0.3 is 11.8 Å². The number of nitro groups is 1. The molecule has 0 aromatic carbocycles. The predicted molar refractivity (Wildman–Crippen MR) is 72.9 cm³/mol. The van der Waals surface area contributed by atoms with Gasteiger partial charge in [-0.2, -0.15) is 0 Å². The van der Waals surface area contributed by atoms with E-state index >= 15 is 0 Å². The highest BCUT2D eigenvalue weighted by Crippen LogP contribution is 2.24. The largest absolute Gasteiger partial charge is 0.480 e. The third-order valence-corrected chi connectivity index (χ3v) is 4.96. The third kappa shape index (κ3) is 3.66. The Kier molecular flexibility index (Phi) is 4.07. The number of aliphatic carboxylic acids is 1. The molecule has 2 rings (SSSR count). The van der Waals surface area contributed by atoms with Crippen LogP contribution in [0.15, 0.2) is 18.3 Å². The van der Waals surface area contributed by atoms with Gasteiger partial charge in [-0.25, -0.2) is 8.42 Å². The normalized spacial score (nSPS) is 20.1. The van der Waals surface area contributed by atoms with Crippen LogP contribution in [0.3, 0.4) is 0 Å². The molecule has 0 radical (unpaired) electrons. The molecule has 2 heterocycles. The van der Waals surface area contributed by atoms with E-state index in [4.69, 9.17) is 5.11 Å². The number of hydrogen-bond acceptors (Lipinski definition) is 7. The molecular weight excluding hydrogens is 302 g/mol. The number of anilines is 1. The molecule has 9 nitrogen and oxygen atoms in total. The maximum absolute atomic E-state index is 11.5. The van der Waals surface area contributed by atoms with E-state index in [-0.39, 0.29) is 23.9 Å². The molecule has 1 N–H and O–H groups in total. The van der Waals surface area contributed by atoms with E-state index in [1.165, 1.54) is 17.2 Å². The monoisotopic (exact) mass is 315 g/mol. The Labute approximate surface area is 120 Å². The Morgan fingerprint density at radius 1 is 1.52 bits per heavy atom. The fourth-order valence-corrected chi connectivity index (χ4v) is 3.98. The number of aromatic nitrogens is 1. The molecule has 1 unspecified atom stereocenters. The number of carbonyl (C=O) groups is 1. The van der Waals surface area contributed by atoms with Crippen molar-refractivity contribution in [3.8, 4) is 0 Å². The topological polar surface area (TPSA) is 131 Å². The number of pyridine rings is 1. The second kappa shape index (κ2) is 5.64.